The smallest absolute Gasteiger partial charge is 0.328 e. The highest BCUT2D eigenvalue weighted by Gasteiger charge is 2.20. The second kappa shape index (κ2) is 5.45. The summed E-state index contributed by atoms with van der Waals surface area (Å²) < 4.78 is 4.83. The van der Waals surface area contributed by atoms with Crippen LogP contribution >= 0.6 is 0 Å². The molecule has 1 N–H and O–H groups in total. The Labute approximate surface area is 102 Å². The number of nitro groups is 1. The van der Waals surface area contributed by atoms with Crippen LogP contribution in [-0.4, -0.2) is 23.1 Å². The van der Waals surface area contributed by atoms with Crippen molar-refractivity contribution in [3.05, 3.63) is 39.4 Å². The highest BCUT2D eigenvalue weighted by Crippen LogP contribution is 2.33. The first-order valence-corrected chi connectivity index (χ1v) is 4.67. The van der Waals surface area contributed by atoms with Crippen LogP contribution in [0.25, 0.3) is 6.08 Å². The van der Waals surface area contributed by atoms with Gasteiger partial charge in [-0.15, -0.1) is 0 Å². The number of carboxylic acid groups (broad SMARTS) is 1. The summed E-state index contributed by atoms with van der Waals surface area (Å²) in [6.07, 6.45) is 2.01. The van der Waals surface area contributed by atoms with Gasteiger partial charge in [-0.25, -0.2) is 4.79 Å². The number of benzene rings is 1. The average molecular weight is 248 g/mol. The molecule has 7 nitrogen and oxygen atoms in total. The van der Waals surface area contributed by atoms with E-state index in [0.717, 1.165) is 12.1 Å². The minimum absolute atomic E-state index is 0.0794. The summed E-state index contributed by atoms with van der Waals surface area (Å²) in [7, 11) is 1.20. The van der Waals surface area contributed by atoms with Gasteiger partial charge < -0.3 is 9.84 Å². The van der Waals surface area contributed by atoms with Gasteiger partial charge >= 0.3 is 11.7 Å². The van der Waals surface area contributed by atoms with Crippen LogP contribution in [0, 0.1) is 21.4 Å². The molecule has 92 valence electrons. The molecule has 0 spiro atoms. The quantitative estimate of drug-likeness (QED) is 0.491. The Kier molecular flexibility index (Phi) is 3.99. The van der Waals surface area contributed by atoms with E-state index in [-0.39, 0.29) is 22.6 Å². The van der Waals surface area contributed by atoms with E-state index < -0.39 is 10.9 Å². The molecule has 0 atom stereocenters. The predicted octanol–water partition coefficient (Wildman–Crippen LogP) is 1.57. The van der Waals surface area contributed by atoms with Gasteiger partial charge in [-0.3, -0.25) is 10.1 Å². The molecular formula is C11H8N2O5. The van der Waals surface area contributed by atoms with E-state index in [4.69, 9.17) is 15.1 Å². The van der Waals surface area contributed by atoms with Gasteiger partial charge in [-0.05, 0) is 17.7 Å². The lowest BCUT2D eigenvalue weighted by molar-refractivity contribution is -0.385. The van der Waals surface area contributed by atoms with Crippen LogP contribution in [0.5, 0.6) is 5.75 Å². The summed E-state index contributed by atoms with van der Waals surface area (Å²) >= 11 is 0. The minimum atomic E-state index is -1.18. The normalized spacial score (nSPS) is 10.0. The zero-order valence-electron chi connectivity index (χ0n) is 9.28. The van der Waals surface area contributed by atoms with Gasteiger partial charge in [0.2, 0.25) is 5.75 Å². The Bertz CT molecular complexity index is 572. The fourth-order valence-corrected chi connectivity index (χ4v) is 1.35. The first-order valence-electron chi connectivity index (χ1n) is 4.67. The molecule has 0 unspecified atom stereocenters. The van der Waals surface area contributed by atoms with Crippen LogP contribution < -0.4 is 4.74 Å². The molecule has 0 aliphatic carbocycles. The summed E-state index contributed by atoms with van der Waals surface area (Å²) in [6, 6.07) is 4.20. The molecule has 0 heterocycles. The lowest BCUT2D eigenvalue weighted by Gasteiger charge is -2.05. The van der Waals surface area contributed by atoms with E-state index in [1.165, 1.54) is 19.3 Å². The van der Waals surface area contributed by atoms with Gasteiger partial charge in [-0.2, -0.15) is 5.26 Å². The van der Waals surface area contributed by atoms with Crippen molar-refractivity contribution < 1.29 is 19.6 Å². The van der Waals surface area contributed by atoms with Crippen LogP contribution in [0.15, 0.2) is 18.2 Å². The summed E-state index contributed by atoms with van der Waals surface area (Å²) in [6.45, 7) is 0. The highest BCUT2D eigenvalue weighted by molar-refractivity contribution is 5.86. The third-order valence-electron chi connectivity index (χ3n) is 2.09. The van der Waals surface area contributed by atoms with E-state index >= 15 is 0 Å². The number of carbonyl (C=O) groups is 1. The molecule has 1 rings (SSSR count). The van der Waals surface area contributed by atoms with Crippen LogP contribution in [0.1, 0.15) is 11.1 Å². The molecule has 1 aromatic rings. The summed E-state index contributed by atoms with van der Waals surface area (Å²) in [5, 5.41) is 28.2. The number of aliphatic carboxylic acids is 1. The van der Waals surface area contributed by atoms with Crippen molar-refractivity contribution in [2.45, 2.75) is 0 Å². The van der Waals surface area contributed by atoms with E-state index in [0.29, 0.717) is 0 Å². The number of ether oxygens (including phenoxy) is 1. The molecule has 0 radical (unpaired) electrons. The minimum Gasteiger partial charge on any atom is -0.489 e. The van der Waals surface area contributed by atoms with Crippen LogP contribution in [0.4, 0.5) is 5.69 Å². The third-order valence-corrected chi connectivity index (χ3v) is 2.09. The first kappa shape index (κ1) is 13.2. The molecule has 0 fully saturated rings. The highest BCUT2D eigenvalue weighted by atomic mass is 16.6. The molecule has 0 aromatic heterocycles. The van der Waals surface area contributed by atoms with Gasteiger partial charge in [0, 0.05) is 12.1 Å². The maximum Gasteiger partial charge on any atom is 0.328 e. The first-order chi connectivity index (χ1) is 8.51. The molecule has 0 aliphatic rings. The number of carboxylic acids is 1. The molecule has 0 aliphatic heterocycles. The van der Waals surface area contributed by atoms with Crippen molar-refractivity contribution in [2.24, 2.45) is 0 Å². The standard InChI is InChI=1S/C11H8N2O5/c1-18-11-8(6-12)7(3-5-10(14)15)2-4-9(11)13(16)17/h2-5H,1H3,(H,14,15)/b5-3+. The summed E-state index contributed by atoms with van der Waals surface area (Å²) in [5.74, 6) is -1.37. The maximum atomic E-state index is 10.7. The zero-order valence-corrected chi connectivity index (χ0v) is 9.28. The second-order valence-electron chi connectivity index (χ2n) is 3.12. The van der Waals surface area contributed by atoms with Gasteiger partial charge in [-0.1, -0.05) is 0 Å². The third kappa shape index (κ3) is 2.62. The number of nitro benzene ring substituents is 1. The number of nitriles is 1. The second-order valence-corrected chi connectivity index (χ2v) is 3.12. The van der Waals surface area contributed by atoms with Crippen molar-refractivity contribution in [3.63, 3.8) is 0 Å². The van der Waals surface area contributed by atoms with Gasteiger partial charge in [0.1, 0.15) is 11.6 Å². The van der Waals surface area contributed by atoms with Crippen molar-refractivity contribution in [3.8, 4) is 11.8 Å². The van der Waals surface area contributed by atoms with E-state index in [1.807, 2.05) is 0 Å². The topological polar surface area (TPSA) is 113 Å². The molecule has 0 saturated carbocycles. The van der Waals surface area contributed by atoms with E-state index in [1.54, 1.807) is 6.07 Å². The summed E-state index contributed by atoms with van der Waals surface area (Å²) in [4.78, 5) is 20.4. The monoisotopic (exact) mass is 248 g/mol. The predicted molar refractivity (Wildman–Crippen MR) is 61.0 cm³/mol. The SMILES string of the molecule is COc1c([N+](=O)[O-])ccc(/C=C/C(=O)O)c1C#N. The largest absolute Gasteiger partial charge is 0.489 e. The van der Waals surface area contributed by atoms with Crippen molar-refractivity contribution in [2.75, 3.05) is 7.11 Å². The lowest BCUT2D eigenvalue weighted by atomic mass is 10.1. The molecule has 7 heteroatoms. The Balaban J connectivity index is 3.45. The number of hydrogen-bond acceptors (Lipinski definition) is 5. The van der Waals surface area contributed by atoms with Crippen molar-refractivity contribution >= 4 is 17.7 Å². The van der Waals surface area contributed by atoms with Crippen molar-refractivity contribution in [1.82, 2.24) is 0 Å². The van der Waals surface area contributed by atoms with Crippen molar-refractivity contribution in [1.29, 1.82) is 5.26 Å². The van der Waals surface area contributed by atoms with Crippen LogP contribution in [0.3, 0.4) is 0 Å². The zero-order chi connectivity index (χ0) is 13.7. The van der Waals surface area contributed by atoms with E-state index in [9.17, 15) is 14.9 Å². The fraction of sp³-hybridized carbons (Fsp3) is 0.0909. The molecule has 1 aromatic carbocycles. The number of nitrogens with zero attached hydrogens (tertiary/aromatic N) is 2. The average Bonchev–Trinajstić information content (AvgIpc) is 2.34. The van der Waals surface area contributed by atoms with E-state index in [2.05, 4.69) is 0 Å². The lowest BCUT2D eigenvalue weighted by Crippen LogP contribution is -1.98. The molecule has 0 bridgehead atoms. The van der Waals surface area contributed by atoms with Gasteiger partial charge in [0.25, 0.3) is 0 Å². The Morgan fingerprint density at radius 1 is 1.61 bits per heavy atom. The molecule has 0 saturated heterocycles. The Morgan fingerprint density at radius 2 is 2.28 bits per heavy atom. The van der Waals surface area contributed by atoms with Crippen LogP contribution in [0.2, 0.25) is 0 Å². The van der Waals surface area contributed by atoms with Gasteiger partial charge in [0.05, 0.1) is 12.0 Å². The molecule has 18 heavy (non-hydrogen) atoms. The summed E-state index contributed by atoms with van der Waals surface area (Å²) in [5.41, 5.74) is -0.187. The number of rotatable bonds is 4. The number of hydrogen-bond donors (Lipinski definition) is 1. The molecular weight excluding hydrogens is 240 g/mol. The van der Waals surface area contributed by atoms with Gasteiger partial charge in [0.15, 0.2) is 0 Å². The fourth-order valence-electron chi connectivity index (χ4n) is 1.35. The van der Waals surface area contributed by atoms with Crippen LogP contribution in [-0.2, 0) is 4.79 Å². The number of methoxy groups -OCH3 is 1. The molecule has 0 amide bonds. The Morgan fingerprint density at radius 3 is 2.72 bits per heavy atom. The Hall–Kier alpha value is -2.88. The maximum absolute atomic E-state index is 10.7.